The monoisotopic (exact) mass is 427 g/mol. The molecule has 3 amide bonds. The van der Waals surface area contributed by atoms with Crippen molar-refractivity contribution in [1.82, 2.24) is 25.9 Å². The molecular weight excluding hydrogens is 406 g/mol. The number of aromatic nitrogens is 2. The molecule has 0 aliphatic carbocycles. The summed E-state index contributed by atoms with van der Waals surface area (Å²) in [6, 6.07) is 9.81. The highest BCUT2D eigenvalue weighted by molar-refractivity contribution is 7.10. The summed E-state index contributed by atoms with van der Waals surface area (Å²) in [4.78, 5) is 49.7. The maximum Gasteiger partial charge on any atom is 0.290 e. The van der Waals surface area contributed by atoms with Gasteiger partial charge in [-0.3, -0.25) is 30.0 Å². The van der Waals surface area contributed by atoms with Crippen LogP contribution in [0.1, 0.15) is 41.7 Å². The Hall–Kier alpha value is -3.53. The van der Waals surface area contributed by atoms with Gasteiger partial charge in [0.15, 0.2) is 5.69 Å². The molecule has 1 unspecified atom stereocenters. The third kappa shape index (κ3) is 4.71. The molecule has 0 aliphatic heterocycles. The van der Waals surface area contributed by atoms with Crippen molar-refractivity contribution < 1.29 is 14.4 Å². The molecular formula is C20H21N5O4S. The molecule has 0 spiro atoms. The van der Waals surface area contributed by atoms with Crippen LogP contribution < -0.4 is 21.7 Å². The van der Waals surface area contributed by atoms with Gasteiger partial charge < -0.3 is 5.32 Å². The highest BCUT2D eigenvalue weighted by Gasteiger charge is 2.20. The van der Waals surface area contributed by atoms with Gasteiger partial charge in [-0.2, -0.15) is 5.10 Å². The van der Waals surface area contributed by atoms with Crippen LogP contribution in [0.4, 0.5) is 0 Å². The highest BCUT2D eigenvalue weighted by Crippen LogP contribution is 2.21. The van der Waals surface area contributed by atoms with E-state index in [1.807, 2.05) is 17.5 Å². The van der Waals surface area contributed by atoms with Crippen molar-refractivity contribution in [2.45, 2.75) is 32.9 Å². The van der Waals surface area contributed by atoms with Crippen molar-refractivity contribution in [3.05, 3.63) is 62.7 Å². The zero-order valence-electron chi connectivity index (χ0n) is 16.5. The second-order valence-electron chi connectivity index (χ2n) is 6.49. The molecule has 0 saturated heterocycles. The lowest BCUT2D eigenvalue weighted by atomic mass is 10.1. The molecule has 0 saturated carbocycles. The van der Waals surface area contributed by atoms with E-state index in [0.717, 1.165) is 4.88 Å². The smallest absolute Gasteiger partial charge is 0.290 e. The third-order valence-electron chi connectivity index (χ3n) is 4.35. The number of amides is 3. The quantitative estimate of drug-likeness (QED) is 0.515. The molecule has 2 aromatic heterocycles. The molecule has 0 aliphatic rings. The van der Waals surface area contributed by atoms with Crippen LogP contribution in [0.2, 0.25) is 0 Å². The number of carbonyl (C=O) groups excluding carboxylic acids is 3. The van der Waals surface area contributed by atoms with E-state index in [4.69, 9.17) is 0 Å². The second kappa shape index (κ2) is 9.31. The number of rotatable bonds is 6. The molecule has 3 rings (SSSR count). The number of hydrazine groups is 1. The second-order valence-corrected chi connectivity index (χ2v) is 7.47. The van der Waals surface area contributed by atoms with Gasteiger partial charge in [0, 0.05) is 23.7 Å². The Morgan fingerprint density at radius 3 is 2.47 bits per heavy atom. The summed E-state index contributed by atoms with van der Waals surface area (Å²) < 4.78 is 1.20. The fourth-order valence-electron chi connectivity index (χ4n) is 3.00. The number of thiophene rings is 1. The number of nitrogens with zero attached hydrogens (tertiary/aromatic N) is 2. The van der Waals surface area contributed by atoms with Gasteiger partial charge in [0.25, 0.3) is 11.5 Å². The predicted molar refractivity (Wildman–Crippen MR) is 113 cm³/mol. The lowest BCUT2D eigenvalue weighted by Gasteiger charge is -2.16. The van der Waals surface area contributed by atoms with Crippen LogP contribution in [-0.4, -0.2) is 27.5 Å². The number of nitrogens with one attached hydrogen (secondary N) is 3. The topological polar surface area (TPSA) is 122 Å². The fraction of sp³-hybridized carbons (Fsp3) is 0.250. The summed E-state index contributed by atoms with van der Waals surface area (Å²) in [7, 11) is 0. The summed E-state index contributed by atoms with van der Waals surface area (Å²) in [6.45, 7) is 3.43. The van der Waals surface area contributed by atoms with Crippen molar-refractivity contribution in [3.8, 4) is 0 Å². The minimum atomic E-state index is -0.644. The van der Waals surface area contributed by atoms with Gasteiger partial charge in [0.05, 0.1) is 17.8 Å². The van der Waals surface area contributed by atoms with E-state index < -0.39 is 17.9 Å². The van der Waals surface area contributed by atoms with Crippen LogP contribution in [0, 0.1) is 0 Å². The fourth-order valence-corrected chi connectivity index (χ4v) is 3.77. The van der Waals surface area contributed by atoms with Crippen LogP contribution in [-0.2, 0) is 16.1 Å². The first-order chi connectivity index (χ1) is 14.4. The largest absolute Gasteiger partial charge is 0.348 e. The van der Waals surface area contributed by atoms with Crippen molar-refractivity contribution in [1.29, 1.82) is 0 Å². The van der Waals surface area contributed by atoms with Crippen molar-refractivity contribution in [2.75, 3.05) is 0 Å². The Morgan fingerprint density at radius 1 is 1.10 bits per heavy atom. The van der Waals surface area contributed by atoms with Gasteiger partial charge >= 0.3 is 0 Å². The van der Waals surface area contributed by atoms with E-state index in [2.05, 4.69) is 21.3 Å². The van der Waals surface area contributed by atoms with Gasteiger partial charge in [0.1, 0.15) is 0 Å². The van der Waals surface area contributed by atoms with Crippen LogP contribution in [0.15, 0.2) is 46.6 Å². The number of aryl methyl sites for hydroxylation is 1. The summed E-state index contributed by atoms with van der Waals surface area (Å²) in [5, 5.41) is 9.47. The Kier molecular flexibility index (Phi) is 6.58. The lowest BCUT2D eigenvalue weighted by molar-refractivity contribution is -0.123. The maximum absolute atomic E-state index is 12.7. The number of fused-ring (bicyclic) bond motifs is 1. The molecule has 10 heteroatoms. The standard InChI is InChI=1S/C20H21N5O4S/c1-3-25-20(29)14-8-5-4-7-13(14)18(24-25)19(28)23-22-17(27)11-15(21-12(2)26)16-9-6-10-30-16/h4-10,15H,3,11H2,1-2H3,(H,21,26)(H,22,27)(H,23,28). The van der Waals surface area contributed by atoms with E-state index in [0.29, 0.717) is 17.3 Å². The average molecular weight is 427 g/mol. The molecule has 0 bridgehead atoms. The summed E-state index contributed by atoms with van der Waals surface area (Å²) >= 11 is 1.42. The van der Waals surface area contributed by atoms with Gasteiger partial charge in [0.2, 0.25) is 11.8 Å². The lowest BCUT2D eigenvalue weighted by Crippen LogP contribution is -2.44. The van der Waals surface area contributed by atoms with Crippen molar-refractivity contribution in [3.63, 3.8) is 0 Å². The van der Waals surface area contributed by atoms with Gasteiger partial charge in [-0.25, -0.2) is 4.68 Å². The van der Waals surface area contributed by atoms with Crippen molar-refractivity contribution in [2.24, 2.45) is 0 Å². The number of carbonyl (C=O) groups is 3. The number of hydrogen-bond donors (Lipinski definition) is 3. The summed E-state index contributed by atoms with van der Waals surface area (Å²) in [5.74, 6) is -1.39. The Labute approximate surface area is 176 Å². The first-order valence-corrected chi connectivity index (χ1v) is 10.2. The molecule has 0 fully saturated rings. The van der Waals surface area contributed by atoms with Crippen LogP contribution in [0.3, 0.4) is 0 Å². The van der Waals surface area contributed by atoms with Gasteiger partial charge in [-0.15, -0.1) is 11.3 Å². The summed E-state index contributed by atoms with van der Waals surface area (Å²) in [6.07, 6.45) is -0.0526. The molecule has 30 heavy (non-hydrogen) atoms. The van der Waals surface area contributed by atoms with Crippen LogP contribution in [0.25, 0.3) is 10.8 Å². The Balaban J connectivity index is 1.74. The van der Waals surface area contributed by atoms with Crippen LogP contribution in [0.5, 0.6) is 0 Å². The van der Waals surface area contributed by atoms with E-state index in [1.54, 1.807) is 31.2 Å². The number of benzene rings is 1. The summed E-state index contributed by atoms with van der Waals surface area (Å²) in [5.41, 5.74) is 4.43. The average Bonchev–Trinajstić information content (AvgIpc) is 3.26. The highest BCUT2D eigenvalue weighted by atomic mass is 32.1. The maximum atomic E-state index is 12.7. The van der Waals surface area contributed by atoms with E-state index in [-0.39, 0.29) is 23.6 Å². The molecule has 3 N–H and O–H groups in total. The molecule has 0 radical (unpaired) electrons. The molecule has 156 valence electrons. The zero-order chi connectivity index (χ0) is 21.7. The predicted octanol–water partition coefficient (Wildman–Crippen LogP) is 1.51. The van der Waals surface area contributed by atoms with Crippen LogP contribution >= 0.6 is 11.3 Å². The SMILES string of the molecule is CCn1nc(C(=O)NNC(=O)CC(NC(C)=O)c2cccs2)c2ccccc2c1=O. The first-order valence-electron chi connectivity index (χ1n) is 9.30. The van der Waals surface area contributed by atoms with Gasteiger partial charge in [-0.1, -0.05) is 24.3 Å². The van der Waals surface area contributed by atoms with E-state index >= 15 is 0 Å². The van der Waals surface area contributed by atoms with E-state index in [1.165, 1.54) is 22.9 Å². The minimum Gasteiger partial charge on any atom is -0.348 e. The zero-order valence-corrected chi connectivity index (χ0v) is 17.3. The molecule has 2 heterocycles. The minimum absolute atomic E-state index is 0.0315. The van der Waals surface area contributed by atoms with Gasteiger partial charge in [-0.05, 0) is 24.4 Å². The normalized spacial score (nSPS) is 11.7. The number of hydrogen-bond acceptors (Lipinski definition) is 6. The Morgan fingerprint density at radius 2 is 1.83 bits per heavy atom. The van der Waals surface area contributed by atoms with E-state index in [9.17, 15) is 19.2 Å². The third-order valence-corrected chi connectivity index (χ3v) is 5.34. The Bertz CT molecular complexity index is 1140. The molecule has 1 atom stereocenters. The first kappa shape index (κ1) is 21.2. The molecule has 1 aromatic carbocycles. The van der Waals surface area contributed by atoms with Crippen molar-refractivity contribution >= 4 is 39.8 Å². The molecule has 3 aromatic rings. The molecule has 9 nitrogen and oxygen atoms in total.